The zero-order valence-electron chi connectivity index (χ0n) is 12.8. The monoisotopic (exact) mass is 280 g/mol. The number of anilines is 1. The Kier molecular flexibility index (Phi) is 3.65. The second-order valence-corrected chi connectivity index (χ2v) is 5.21. The fourth-order valence-corrected chi connectivity index (χ4v) is 2.56. The largest absolute Gasteiger partial charge is 0.436 e. The average Bonchev–Trinajstić information content (AvgIpc) is 2.92. The highest BCUT2D eigenvalue weighted by Gasteiger charge is 2.09. The maximum absolute atomic E-state index is 5.86. The SMILES string of the molecule is CCN(CC)c1ccc(-c2nc3ccc(C)cc3o2)cc1. The molecule has 3 rings (SSSR count). The molecule has 0 spiro atoms. The van der Waals surface area contributed by atoms with Crippen LogP contribution in [0.15, 0.2) is 46.9 Å². The molecule has 0 saturated carbocycles. The molecule has 0 radical (unpaired) electrons. The molecule has 2 aromatic carbocycles. The van der Waals surface area contributed by atoms with Gasteiger partial charge in [0.15, 0.2) is 5.58 Å². The Hall–Kier alpha value is -2.29. The first-order valence-corrected chi connectivity index (χ1v) is 7.44. The molecule has 0 aliphatic carbocycles. The number of benzene rings is 2. The fourth-order valence-electron chi connectivity index (χ4n) is 2.56. The number of aromatic nitrogens is 1. The molecule has 3 aromatic rings. The summed E-state index contributed by atoms with van der Waals surface area (Å²) in [6, 6.07) is 14.5. The first-order valence-electron chi connectivity index (χ1n) is 7.44. The summed E-state index contributed by atoms with van der Waals surface area (Å²) in [5.41, 5.74) is 5.18. The molecule has 0 aliphatic rings. The van der Waals surface area contributed by atoms with Gasteiger partial charge in [-0.05, 0) is 62.7 Å². The maximum atomic E-state index is 5.86. The number of hydrogen-bond acceptors (Lipinski definition) is 3. The van der Waals surface area contributed by atoms with Gasteiger partial charge in [0.05, 0.1) is 0 Å². The average molecular weight is 280 g/mol. The van der Waals surface area contributed by atoms with Gasteiger partial charge in [0.25, 0.3) is 0 Å². The summed E-state index contributed by atoms with van der Waals surface area (Å²) >= 11 is 0. The van der Waals surface area contributed by atoms with E-state index < -0.39 is 0 Å². The predicted molar refractivity (Wildman–Crippen MR) is 87.7 cm³/mol. The minimum Gasteiger partial charge on any atom is -0.436 e. The van der Waals surface area contributed by atoms with Gasteiger partial charge < -0.3 is 9.32 Å². The summed E-state index contributed by atoms with van der Waals surface area (Å²) in [5, 5.41) is 0. The molecule has 3 heteroatoms. The van der Waals surface area contributed by atoms with Gasteiger partial charge in [0.1, 0.15) is 5.52 Å². The molecule has 108 valence electrons. The van der Waals surface area contributed by atoms with E-state index in [1.54, 1.807) is 0 Å². The summed E-state index contributed by atoms with van der Waals surface area (Å²) in [4.78, 5) is 6.88. The Morgan fingerprint density at radius 2 is 1.71 bits per heavy atom. The lowest BCUT2D eigenvalue weighted by Gasteiger charge is -2.20. The van der Waals surface area contributed by atoms with Crippen LogP contribution in [-0.4, -0.2) is 18.1 Å². The minimum absolute atomic E-state index is 0.682. The lowest BCUT2D eigenvalue weighted by Crippen LogP contribution is -2.21. The number of hydrogen-bond donors (Lipinski definition) is 0. The minimum atomic E-state index is 0.682. The van der Waals surface area contributed by atoms with Crippen molar-refractivity contribution in [3.05, 3.63) is 48.0 Å². The van der Waals surface area contributed by atoms with Gasteiger partial charge in [0, 0.05) is 24.3 Å². The molecule has 21 heavy (non-hydrogen) atoms. The van der Waals surface area contributed by atoms with Crippen molar-refractivity contribution in [2.75, 3.05) is 18.0 Å². The summed E-state index contributed by atoms with van der Waals surface area (Å²) < 4.78 is 5.86. The topological polar surface area (TPSA) is 29.3 Å². The Morgan fingerprint density at radius 3 is 2.38 bits per heavy atom. The molecule has 1 aromatic heterocycles. The van der Waals surface area contributed by atoms with Crippen LogP contribution in [0, 0.1) is 6.92 Å². The normalized spacial score (nSPS) is 11.0. The van der Waals surface area contributed by atoms with E-state index in [2.05, 4.69) is 61.0 Å². The van der Waals surface area contributed by atoms with E-state index in [4.69, 9.17) is 4.42 Å². The number of nitrogens with zero attached hydrogens (tertiary/aromatic N) is 2. The van der Waals surface area contributed by atoms with E-state index in [-0.39, 0.29) is 0 Å². The van der Waals surface area contributed by atoms with E-state index >= 15 is 0 Å². The van der Waals surface area contributed by atoms with Crippen molar-refractivity contribution >= 4 is 16.8 Å². The van der Waals surface area contributed by atoms with Crippen LogP contribution in [-0.2, 0) is 0 Å². The molecule has 0 fully saturated rings. The lowest BCUT2D eigenvalue weighted by atomic mass is 10.2. The third-order valence-electron chi connectivity index (χ3n) is 3.79. The first-order chi connectivity index (χ1) is 10.2. The highest BCUT2D eigenvalue weighted by atomic mass is 16.3. The van der Waals surface area contributed by atoms with Crippen molar-refractivity contribution in [1.29, 1.82) is 0 Å². The molecule has 0 N–H and O–H groups in total. The van der Waals surface area contributed by atoms with Crippen molar-refractivity contribution in [3.8, 4) is 11.5 Å². The van der Waals surface area contributed by atoms with E-state index in [9.17, 15) is 0 Å². The van der Waals surface area contributed by atoms with Crippen LogP contribution in [0.5, 0.6) is 0 Å². The Bertz CT molecular complexity index is 740. The summed E-state index contributed by atoms with van der Waals surface area (Å²) in [6.07, 6.45) is 0. The summed E-state index contributed by atoms with van der Waals surface area (Å²) in [7, 11) is 0. The summed E-state index contributed by atoms with van der Waals surface area (Å²) in [5.74, 6) is 0.682. The number of rotatable bonds is 4. The van der Waals surface area contributed by atoms with Crippen LogP contribution < -0.4 is 4.90 Å². The number of aryl methyl sites for hydroxylation is 1. The van der Waals surface area contributed by atoms with Crippen molar-refractivity contribution in [2.45, 2.75) is 20.8 Å². The second-order valence-electron chi connectivity index (χ2n) is 5.21. The van der Waals surface area contributed by atoms with Crippen molar-refractivity contribution in [2.24, 2.45) is 0 Å². The highest BCUT2D eigenvalue weighted by molar-refractivity contribution is 5.77. The Morgan fingerprint density at radius 1 is 1.00 bits per heavy atom. The molecule has 0 aliphatic heterocycles. The van der Waals surface area contributed by atoms with Crippen LogP contribution in [0.3, 0.4) is 0 Å². The van der Waals surface area contributed by atoms with E-state index in [1.165, 1.54) is 11.3 Å². The first kappa shape index (κ1) is 13.7. The van der Waals surface area contributed by atoms with Gasteiger partial charge in [-0.15, -0.1) is 0 Å². The van der Waals surface area contributed by atoms with Crippen LogP contribution >= 0.6 is 0 Å². The standard InChI is InChI=1S/C18H20N2O/c1-4-20(5-2)15-9-7-14(8-10-15)18-19-16-11-6-13(3)12-17(16)21-18/h6-12H,4-5H2,1-3H3. The molecule has 0 amide bonds. The second kappa shape index (κ2) is 5.60. The fraction of sp³-hybridized carbons (Fsp3) is 0.278. The van der Waals surface area contributed by atoms with E-state index in [0.717, 1.165) is 29.8 Å². The van der Waals surface area contributed by atoms with Crippen molar-refractivity contribution in [3.63, 3.8) is 0 Å². The third kappa shape index (κ3) is 2.64. The molecule has 0 saturated heterocycles. The number of oxazole rings is 1. The summed E-state index contributed by atoms with van der Waals surface area (Å²) in [6.45, 7) is 8.41. The van der Waals surface area contributed by atoms with Gasteiger partial charge in [-0.2, -0.15) is 0 Å². The van der Waals surface area contributed by atoms with Gasteiger partial charge in [-0.3, -0.25) is 0 Å². The molecule has 0 atom stereocenters. The van der Waals surface area contributed by atoms with Crippen LogP contribution in [0.25, 0.3) is 22.6 Å². The molecular formula is C18H20N2O. The molecule has 3 nitrogen and oxygen atoms in total. The quantitative estimate of drug-likeness (QED) is 0.696. The maximum Gasteiger partial charge on any atom is 0.227 e. The molecule has 1 heterocycles. The lowest BCUT2D eigenvalue weighted by molar-refractivity contribution is 0.619. The van der Waals surface area contributed by atoms with E-state index in [0.29, 0.717) is 5.89 Å². The van der Waals surface area contributed by atoms with Crippen molar-refractivity contribution in [1.82, 2.24) is 4.98 Å². The smallest absolute Gasteiger partial charge is 0.227 e. The predicted octanol–water partition coefficient (Wildman–Crippen LogP) is 4.65. The molecular weight excluding hydrogens is 260 g/mol. The van der Waals surface area contributed by atoms with Crippen LogP contribution in [0.2, 0.25) is 0 Å². The highest BCUT2D eigenvalue weighted by Crippen LogP contribution is 2.26. The molecule has 0 unspecified atom stereocenters. The van der Waals surface area contributed by atoms with E-state index in [1.807, 2.05) is 12.1 Å². The Balaban J connectivity index is 1.95. The zero-order valence-corrected chi connectivity index (χ0v) is 12.8. The van der Waals surface area contributed by atoms with Gasteiger partial charge in [-0.25, -0.2) is 4.98 Å². The van der Waals surface area contributed by atoms with Gasteiger partial charge in [-0.1, -0.05) is 6.07 Å². The van der Waals surface area contributed by atoms with Gasteiger partial charge >= 0.3 is 0 Å². The number of fused-ring (bicyclic) bond motifs is 1. The molecule has 0 bridgehead atoms. The Labute approximate surface area is 125 Å². The third-order valence-corrected chi connectivity index (χ3v) is 3.79. The van der Waals surface area contributed by atoms with Gasteiger partial charge in [0.2, 0.25) is 5.89 Å². The van der Waals surface area contributed by atoms with Crippen LogP contribution in [0.4, 0.5) is 5.69 Å². The van der Waals surface area contributed by atoms with Crippen molar-refractivity contribution < 1.29 is 4.42 Å². The van der Waals surface area contributed by atoms with Crippen LogP contribution in [0.1, 0.15) is 19.4 Å². The zero-order chi connectivity index (χ0) is 14.8.